The number of aromatic nitrogens is 1. The van der Waals surface area contributed by atoms with Gasteiger partial charge in [0.25, 0.3) is 0 Å². The van der Waals surface area contributed by atoms with Crippen molar-refractivity contribution in [3.63, 3.8) is 0 Å². The predicted octanol–water partition coefficient (Wildman–Crippen LogP) is 2.76. The summed E-state index contributed by atoms with van der Waals surface area (Å²) in [5.74, 6) is 0. The SMILES string of the molecule is CN(C)c1ccccc1NCc1ccncc1. The van der Waals surface area contributed by atoms with Crippen molar-refractivity contribution in [2.45, 2.75) is 6.54 Å². The van der Waals surface area contributed by atoms with Crippen LogP contribution < -0.4 is 10.2 Å². The van der Waals surface area contributed by atoms with Gasteiger partial charge in [0.05, 0.1) is 11.4 Å². The van der Waals surface area contributed by atoms with Crippen molar-refractivity contribution in [1.29, 1.82) is 0 Å². The summed E-state index contributed by atoms with van der Waals surface area (Å²) in [6, 6.07) is 12.3. The summed E-state index contributed by atoms with van der Waals surface area (Å²) in [6.45, 7) is 0.813. The van der Waals surface area contributed by atoms with Gasteiger partial charge in [-0.25, -0.2) is 0 Å². The maximum absolute atomic E-state index is 4.01. The van der Waals surface area contributed by atoms with Crippen LogP contribution in [-0.2, 0) is 6.54 Å². The molecule has 0 saturated carbocycles. The molecule has 0 amide bonds. The molecule has 0 aliphatic rings. The highest BCUT2D eigenvalue weighted by atomic mass is 15.1. The molecule has 0 saturated heterocycles. The quantitative estimate of drug-likeness (QED) is 0.870. The number of nitrogens with one attached hydrogen (secondary N) is 1. The molecule has 0 unspecified atom stereocenters. The highest BCUT2D eigenvalue weighted by Gasteiger charge is 2.02. The van der Waals surface area contributed by atoms with Crippen molar-refractivity contribution in [2.24, 2.45) is 0 Å². The molecule has 3 heteroatoms. The number of rotatable bonds is 4. The van der Waals surface area contributed by atoms with Crippen LogP contribution >= 0.6 is 0 Å². The summed E-state index contributed by atoms with van der Waals surface area (Å²) < 4.78 is 0. The second-order valence-electron chi connectivity index (χ2n) is 4.12. The lowest BCUT2D eigenvalue weighted by Crippen LogP contribution is -2.12. The molecule has 1 N–H and O–H groups in total. The summed E-state index contributed by atoms with van der Waals surface area (Å²) in [5, 5.41) is 3.44. The summed E-state index contributed by atoms with van der Waals surface area (Å²) in [4.78, 5) is 6.12. The summed E-state index contributed by atoms with van der Waals surface area (Å²) in [7, 11) is 4.10. The number of hydrogen-bond donors (Lipinski definition) is 1. The molecule has 0 radical (unpaired) electrons. The normalized spacial score (nSPS) is 10.0. The van der Waals surface area contributed by atoms with Gasteiger partial charge in [-0.2, -0.15) is 0 Å². The summed E-state index contributed by atoms with van der Waals surface area (Å²) in [6.07, 6.45) is 3.63. The van der Waals surface area contributed by atoms with Gasteiger partial charge < -0.3 is 10.2 Å². The first kappa shape index (κ1) is 11.5. The minimum Gasteiger partial charge on any atom is -0.379 e. The van der Waals surface area contributed by atoms with Crippen LogP contribution in [0.5, 0.6) is 0 Å². The molecule has 2 rings (SSSR count). The third kappa shape index (κ3) is 2.97. The number of para-hydroxylation sites is 2. The van der Waals surface area contributed by atoms with Crippen molar-refractivity contribution in [3.05, 3.63) is 54.4 Å². The molecular formula is C14H17N3. The number of nitrogens with zero attached hydrogens (tertiary/aromatic N) is 2. The number of pyridine rings is 1. The maximum Gasteiger partial charge on any atom is 0.0596 e. The Balaban J connectivity index is 2.09. The molecule has 0 atom stereocenters. The van der Waals surface area contributed by atoms with Crippen molar-refractivity contribution in [1.82, 2.24) is 4.98 Å². The lowest BCUT2D eigenvalue weighted by Gasteiger charge is -2.18. The van der Waals surface area contributed by atoms with Crippen LogP contribution in [0.4, 0.5) is 11.4 Å². The van der Waals surface area contributed by atoms with Gasteiger partial charge in [0.1, 0.15) is 0 Å². The zero-order valence-electron chi connectivity index (χ0n) is 10.2. The minimum absolute atomic E-state index is 0.813. The first-order valence-corrected chi connectivity index (χ1v) is 5.66. The Morgan fingerprint density at radius 2 is 1.76 bits per heavy atom. The monoisotopic (exact) mass is 227 g/mol. The van der Waals surface area contributed by atoms with Crippen LogP contribution in [0.2, 0.25) is 0 Å². The van der Waals surface area contributed by atoms with Gasteiger partial charge in [-0.15, -0.1) is 0 Å². The van der Waals surface area contributed by atoms with Crippen molar-refractivity contribution >= 4 is 11.4 Å². The number of anilines is 2. The van der Waals surface area contributed by atoms with Gasteiger partial charge in [0.2, 0.25) is 0 Å². The van der Waals surface area contributed by atoms with Gasteiger partial charge in [0.15, 0.2) is 0 Å². The van der Waals surface area contributed by atoms with E-state index in [1.165, 1.54) is 11.3 Å². The van der Waals surface area contributed by atoms with E-state index in [-0.39, 0.29) is 0 Å². The van der Waals surface area contributed by atoms with Gasteiger partial charge in [-0.1, -0.05) is 12.1 Å². The average Bonchev–Trinajstić information content (AvgIpc) is 2.38. The summed E-state index contributed by atoms with van der Waals surface area (Å²) in [5.41, 5.74) is 3.57. The molecule has 0 bridgehead atoms. The lowest BCUT2D eigenvalue weighted by atomic mass is 10.2. The third-order valence-electron chi connectivity index (χ3n) is 2.62. The van der Waals surface area contributed by atoms with Crippen molar-refractivity contribution in [3.8, 4) is 0 Å². The van der Waals surface area contributed by atoms with E-state index in [1.54, 1.807) is 0 Å². The van der Waals surface area contributed by atoms with Crippen LogP contribution in [0, 0.1) is 0 Å². The first-order chi connectivity index (χ1) is 8.27. The third-order valence-corrected chi connectivity index (χ3v) is 2.62. The van der Waals surface area contributed by atoms with Crippen LogP contribution in [0.1, 0.15) is 5.56 Å². The Morgan fingerprint density at radius 3 is 2.47 bits per heavy atom. The molecule has 0 aliphatic heterocycles. The van der Waals surface area contributed by atoms with E-state index in [1.807, 2.05) is 50.8 Å². The average molecular weight is 227 g/mol. The van der Waals surface area contributed by atoms with Crippen LogP contribution in [-0.4, -0.2) is 19.1 Å². The molecule has 2 aromatic rings. The maximum atomic E-state index is 4.01. The zero-order valence-corrected chi connectivity index (χ0v) is 10.2. The Labute approximate surface area is 102 Å². The molecule has 1 aromatic carbocycles. The van der Waals surface area contributed by atoms with Crippen LogP contribution in [0.15, 0.2) is 48.8 Å². The van der Waals surface area contributed by atoms with E-state index in [0.29, 0.717) is 0 Å². The second-order valence-corrected chi connectivity index (χ2v) is 4.12. The molecule has 1 heterocycles. The van der Waals surface area contributed by atoms with Gasteiger partial charge in [-0.3, -0.25) is 4.98 Å². The van der Waals surface area contributed by atoms with Crippen molar-refractivity contribution in [2.75, 3.05) is 24.3 Å². The second kappa shape index (κ2) is 5.34. The standard InChI is InChI=1S/C14H17N3/c1-17(2)14-6-4-3-5-13(14)16-11-12-7-9-15-10-8-12/h3-10,16H,11H2,1-2H3. The summed E-state index contributed by atoms with van der Waals surface area (Å²) >= 11 is 0. The largest absolute Gasteiger partial charge is 0.379 e. The van der Waals surface area contributed by atoms with Gasteiger partial charge in [-0.05, 0) is 29.8 Å². The van der Waals surface area contributed by atoms with Gasteiger partial charge >= 0.3 is 0 Å². The Hall–Kier alpha value is -2.03. The molecule has 0 fully saturated rings. The van der Waals surface area contributed by atoms with E-state index in [0.717, 1.165) is 12.2 Å². The molecular weight excluding hydrogens is 210 g/mol. The smallest absolute Gasteiger partial charge is 0.0596 e. The highest BCUT2D eigenvalue weighted by molar-refractivity contribution is 5.69. The van der Waals surface area contributed by atoms with E-state index < -0.39 is 0 Å². The lowest BCUT2D eigenvalue weighted by molar-refractivity contribution is 1.09. The van der Waals surface area contributed by atoms with Crippen LogP contribution in [0.3, 0.4) is 0 Å². The molecule has 0 aliphatic carbocycles. The van der Waals surface area contributed by atoms with Gasteiger partial charge in [0, 0.05) is 33.0 Å². The van der Waals surface area contributed by atoms with E-state index in [2.05, 4.69) is 27.3 Å². The Bertz CT molecular complexity index is 466. The van der Waals surface area contributed by atoms with Crippen LogP contribution in [0.25, 0.3) is 0 Å². The topological polar surface area (TPSA) is 28.2 Å². The highest BCUT2D eigenvalue weighted by Crippen LogP contribution is 2.23. The Morgan fingerprint density at radius 1 is 1.06 bits per heavy atom. The van der Waals surface area contributed by atoms with E-state index in [4.69, 9.17) is 0 Å². The van der Waals surface area contributed by atoms with E-state index in [9.17, 15) is 0 Å². The first-order valence-electron chi connectivity index (χ1n) is 5.66. The Kier molecular flexibility index (Phi) is 3.60. The van der Waals surface area contributed by atoms with Crippen molar-refractivity contribution < 1.29 is 0 Å². The van der Waals surface area contributed by atoms with E-state index >= 15 is 0 Å². The molecule has 0 spiro atoms. The molecule has 3 nitrogen and oxygen atoms in total. The molecule has 1 aromatic heterocycles. The minimum atomic E-state index is 0.813. The predicted molar refractivity (Wildman–Crippen MR) is 72.3 cm³/mol. The molecule has 17 heavy (non-hydrogen) atoms. The fraction of sp³-hybridized carbons (Fsp3) is 0.214. The number of hydrogen-bond acceptors (Lipinski definition) is 3. The zero-order chi connectivity index (χ0) is 12.1. The fourth-order valence-electron chi connectivity index (χ4n) is 1.71. The fourth-order valence-corrected chi connectivity index (χ4v) is 1.71. The number of benzene rings is 1. The molecule has 88 valence electrons.